The predicted octanol–water partition coefficient (Wildman–Crippen LogP) is 4.78. The van der Waals surface area contributed by atoms with Crippen LogP contribution in [0.5, 0.6) is 0 Å². The van der Waals surface area contributed by atoms with Gasteiger partial charge in [-0.2, -0.15) is 0 Å². The summed E-state index contributed by atoms with van der Waals surface area (Å²) < 4.78 is 2.50. The van der Waals surface area contributed by atoms with Crippen molar-refractivity contribution < 1.29 is 4.48 Å². The quantitative estimate of drug-likeness (QED) is 0.405. The van der Waals surface area contributed by atoms with Crippen LogP contribution in [0.3, 0.4) is 0 Å². The van der Waals surface area contributed by atoms with E-state index in [-0.39, 0.29) is 0 Å². The first-order chi connectivity index (χ1) is 14.5. The number of pyridine rings is 1. The molecule has 1 heterocycles. The summed E-state index contributed by atoms with van der Waals surface area (Å²) in [7, 11) is -1.70. The molecule has 0 aliphatic carbocycles. The summed E-state index contributed by atoms with van der Waals surface area (Å²) in [6, 6.07) is 39.9. The maximum Gasteiger partial charge on any atom is 0.337 e. The van der Waals surface area contributed by atoms with Crippen molar-refractivity contribution in [1.82, 2.24) is 0 Å². The molecule has 1 nitrogen and oxygen atoms in total. The number of aromatic nitrogens is 1. The van der Waals surface area contributed by atoms with E-state index in [4.69, 9.17) is 0 Å². The molecule has 0 bridgehead atoms. The van der Waals surface area contributed by atoms with Crippen molar-refractivity contribution in [2.45, 2.75) is 25.1 Å². The molecule has 3 aromatic carbocycles. The van der Waals surface area contributed by atoms with Crippen molar-refractivity contribution in [2.24, 2.45) is 0 Å². The highest BCUT2D eigenvalue weighted by atomic mass is 28.3. The molecule has 1 unspecified atom stereocenters. The zero-order valence-corrected chi connectivity index (χ0v) is 19.1. The second kappa shape index (κ2) is 8.45. The summed E-state index contributed by atoms with van der Waals surface area (Å²) in [4.78, 5) is 0. The lowest BCUT2D eigenvalue weighted by atomic mass is 9.24. The van der Waals surface area contributed by atoms with Gasteiger partial charge in [-0.05, 0) is 12.1 Å². The zero-order valence-electron chi connectivity index (χ0n) is 18.1. The van der Waals surface area contributed by atoms with Gasteiger partial charge >= 0.3 is 6.28 Å². The monoisotopic (exact) mass is 407 g/mol. The Morgan fingerprint density at radius 2 is 0.967 bits per heavy atom. The topological polar surface area (TPSA) is 3.88 Å². The second-order valence-electron chi connectivity index (χ2n) is 9.28. The minimum Gasteiger partial charge on any atom is -0.419 e. The lowest BCUT2D eigenvalue weighted by molar-refractivity contribution is -0.543. The van der Waals surface area contributed by atoms with E-state index in [1.807, 2.05) is 0 Å². The number of nitrogens with zero attached hydrogens (tertiary/aromatic N) is 1. The minimum absolute atomic E-state index is 0.399. The molecule has 0 N–H and O–H groups in total. The molecule has 0 spiro atoms. The molecule has 0 fully saturated rings. The molecule has 1 atom stereocenters. The first kappa shape index (κ1) is 20.4. The van der Waals surface area contributed by atoms with Crippen molar-refractivity contribution in [3.63, 3.8) is 0 Å². The van der Waals surface area contributed by atoms with Crippen LogP contribution in [0.4, 0.5) is 0 Å². The highest BCUT2D eigenvalue weighted by Gasteiger charge is 2.52. The first-order valence-electron chi connectivity index (χ1n) is 10.8. The summed E-state index contributed by atoms with van der Waals surface area (Å²) >= 11 is 0. The van der Waals surface area contributed by atoms with Crippen LogP contribution < -0.4 is 15.4 Å². The summed E-state index contributed by atoms with van der Waals surface area (Å²) in [6.45, 7) is 7.53. The van der Waals surface area contributed by atoms with Gasteiger partial charge in [0.25, 0.3) is 0 Å². The van der Waals surface area contributed by atoms with E-state index >= 15 is 0 Å². The number of hydrogen-bond acceptors (Lipinski definition) is 0. The zero-order chi connectivity index (χ0) is 21.0. The SMILES string of the molecule is C[Si](C)(C)C(c1ccccc1)[B-](c1ccccc1)(c1ccccc1)[n+]1ccccc1. The lowest BCUT2D eigenvalue weighted by Gasteiger charge is -2.48. The van der Waals surface area contributed by atoms with Gasteiger partial charge in [-0.3, -0.25) is 0 Å². The van der Waals surface area contributed by atoms with Gasteiger partial charge in [0.2, 0.25) is 0 Å². The van der Waals surface area contributed by atoms with Crippen LogP contribution in [0, 0.1) is 0 Å². The smallest absolute Gasteiger partial charge is 0.337 e. The Kier molecular flexibility index (Phi) is 5.74. The largest absolute Gasteiger partial charge is 0.419 e. The Labute approximate surface area is 182 Å². The third kappa shape index (κ3) is 3.66. The Balaban J connectivity index is 2.17. The molecule has 0 saturated heterocycles. The fraction of sp³-hybridized carbons (Fsp3) is 0.148. The van der Waals surface area contributed by atoms with E-state index in [0.29, 0.717) is 5.44 Å². The van der Waals surface area contributed by atoms with Crippen LogP contribution in [0.15, 0.2) is 122 Å². The molecule has 0 radical (unpaired) electrons. The number of hydrogen-bond donors (Lipinski definition) is 0. The van der Waals surface area contributed by atoms with E-state index in [0.717, 1.165) is 0 Å². The lowest BCUT2D eigenvalue weighted by Crippen LogP contribution is -2.83. The van der Waals surface area contributed by atoms with Gasteiger partial charge in [-0.15, -0.1) is 10.9 Å². The third-order valence-corrected chi connectivity index (χ3v) is 9.08. The highest BCUT2D eigenvalue weighted by Crippen LogP contribution is 2.34. The Morgan fingerprint density at radius 1 is 0.567 bits per heavy atom. The maximum absolute atomic E-state index is 2.51. The molecule has 4 aromatic rings. The second-order valence-corrected chi connectivity index (χ2v) is 14.6. The molecule has 0 aliphatic rings. The summed E-state index contributed by atoms with van der Waals surface area (Å²) in [6.07, 6.45) is 3.23. The fourth-order valence-corrected chi connectivity index (χ4v) is 8.63. The van der Waals surface area contributed by atoms with Crippen LogP contribution in [-0.2, 0) is 0 Å². The van der Waals surface area contributed by atoms with Crippen LogP contribution >= 0.6 is 0 Å². The van der Waals surface area contributed by atoms with Gasteiger partial charge in [-0.1, -0.05) is 128 Å². The van der Waals surface area contributed by atoms with E-state index in [9.17, 15) is 0 Å². The van der Waals surface area contributed by atoms with Gasteiger partial charge < -0.3 is 4.48 Å². The molecule has 0 amide bonds. The molecule has 0 saturated carbocycles. The minimum atomic E-state index is -1.70. The van der Waals surface area contributed by atoms with Crippen LogP contribution in [-0.4, -0.2) is 14.4 Å². The third-order valence-electron chi connectivity index (χ3n) is 6.40. The molecule has 30 heavy (non-hydrogen) atoms. The fourth-order valence-electron chi connectivity index (χ4n) is 5.43. The molecular weight excluding hydrogens is 377 g/mol. The van der Waals surface area contributed by atoms with Crippen LogP contribution in [0.1, 0.15) is 11.0 Å². The van der Waals surface area contributed by atoms with Gasteiger partial charge in [0.15, 0.2) is 0 Å². The molecule has 4 rings (SSSR count). The summed E-state index contributed by atoms with van der Waals surface area (Å²) in [5.41, 5.74) is 4.60. The van der Waals surface area contributed by atoms with E-state index in [1.165, 1.54) is 16.5 Å². The maximum atomic E-state index is 2.51. The molecule has 3 heteroatoms. The van der Waals surface area contributed by atoms with Crippen molar-refractivity contribution in [1.29, 1.82) is 0 Å². The summed E-state index contributed by atoms with van der Waals surface area (Å²) in [5.74, 6) is 0. The van der Waals surface area contributed by atoms with Crippen molar-refractivity contribution in [2.75, 3.05) is 0 Å². The van der Waals surface area contributed by atoms with Crippen molar-refractivity contribution in [3.8, 4) is 0 Å². The van der Waals surface area contributed by atoms with Gasteiger partial charge in [0.1, 0.15) is 12.4 Å². The number of rotatable bonds is 6. The van der Waals surface area contributed by atoms with Gasteiger partial charge in [0, 0.05) is 8.07 Å². The Bertz CT molecular complexity index is 965. The first-order valence-corrected chi connectivity index (χ1v) is 14.4. The molecular formula is C27H30BNSi. The molecule has 0 aliphatic heterocycles. The average molecular weight is 407 g/mol. The Hall–Kier alpha value is -2.91. The van der Waals surface area contributed by atoms with E-state index in [2.05, 4.69) is 146 Å². The normalized spacial score (nSPS) is 13.0. The predicted molar refractivity (Wildman–Crippen MR) is 132 cm³/mol. The van der Waals surface area contributed by atoms with E-state index < -0.39 is 14.4 Å². The van der Waals surface area contributed by atoms with Gasteiger partial charge in [0.05, 0.1) is 0 Å². The van der Waals surface area contributed by atoms with Crippen molar-refractivity contribution >= 4 is 25.3 Å². The van der Waals surface area contributed by atoms with Gasteiger partial charge in [-0.25, -0.2) is 0 Å². The highest BCUT2D eigenvalue weighted by molar-refractivity contribution is 7.06. The van der Waals surface area contributed by atoms with E-state index in [1.54, 1.807) is 0 Å². The molecule has 1 aromatic heterocycles. The number of benzene rings is 3. The van der Waals surface area contributed by atoms with Crippen LogP contribution in [0.2, 0.25) is 19.6 Å². The standard InChI is InChI=1S/C27H30BNSi/c1-30(2,3)27(24-16-8-4-9-17-24)28(25-18-10-5-11-19-25,26-20-12-6-13-21-26)29-22-14-7-15-23-29/h4-23,27H,1-3H3. The Morgan fingerprint density at radius 3 is 1.40 bits per heavy atom. The van der Waals surface area contributed by atoms with Crippen LogP contribution in [0.25, 0.3) is 0 Å². The van der Waals surface area contributed by atoms with Crippen molar-refractivity contribution in [3.05, 3.63) is 127 Å². The summed E-state index contributed by atoms with van der Waals surface area (Å²) in [5, 5.41) is 0. The average Bonchev–Trinajstić information content (AvgIpc) is 2.79. The molecule has 150 valence electrons.